The molecule has 0 spiro atoms. The molecule has 0 saturated heterocycles. The monoisotopic (exact) mass is 315 g/mol. The average molecular weight is 316 g/mol. The molecule has 2 aromatic rings. The second-order valence-corrected chi connectivity index (χ2v) is 5.73. The van der Waals surface area contributed by atoms with Crippen molar-refractivity contribution >= 4 is 52.1 Å². The molecule has 2 heterocycles. The minimum absolute atomic E-state index is 0. The summed E-state index contributed by atoms with van der Waals surface area (Å²) in [6.07, 6.45) is 1.26. The SMILES string of the molecule is Cl.Nc1nc(-c2ccc3c(c2)CCC(=O)N3)c(Cl)s1. The molecule has 0 radical (unpaired) electrons. The number of fused-ring (bicyclic) bond motifs is 1. The molecule has 0 atom stereocenters. The molecule has 3 N–H and O–H groups in total. The quantitative estimate of drug-likeness (QED) is 0.848. The third-order valence-electron chi connectivity index (χ3n) is 2.88. The van der Waals surface area contributed by atoms with Crippen LogP contribution in [0, 0.1) is 0 Å². The lowest BCUT2D eigenvalue weighted by atomic mass is 9.99. The van der Waals surface area contributed by atoms with Crippen LogP contribution in [0.4, 0.5) is 10.8 Å². The van der Waals surface area contributed by atoms with E-state index in [-0.39, 0.29) is 18.3 Å². The molecule has 1 aliphatic heterocycles. The standard InChI is InChI=1S/C12H10ClN3OS.ClH/c13-11-10(16-12(14)18-11)7-1-3-8-6(5-7)2-4-9(17)15-8;/h1,3,5H,2,4H2,(H2,14,16)(H,15,17);1H. The highest BCUT2D eigenvalue weighted by Gasteiger charge is 2.17. The number of benzene rings is 1. The number of nitrogens with two attached hydrogens (primary N) is 1. The van der Waals surface area contributed by atoms with E-state index in [4.69, 9.17) is 17.3 Å². The third-order valence-corrected chi connectivity index (χ3v) is 3.96. The highest BCUT2D eigenvalue weighted by molar-refractivity contribution is 7.19. The van der Waals surface area contributed by atoms with E-state index in [2.05, 4.69) is 10.3 Å². The van der Waals surface area contributed by atoms with Crippen LogP contribution in [0.3, 0.4) is 0 Å². The fourth-order valence-electron chi connectivity index (χ4n) is 2.03. The molecule has 7 heteroatoms. The van der Waals surface area contributed by atoms with Gasteiger partial charge in [0.15, 0.2) is 5.13 Å². The van der Waals surface area contributed by atoms with Gasteiger partial charge >= 0.3 is 0 Å². The lowest BCUT2D eigenvalue weighted by Crippen LogP contribution is -2.18. The largest absolute Gasteiger partial charge is 0.375 e. The fourth-order valence-corrected chi connectivity index (χ4v) is 3.00. The molecule has 0 unspecified atom stereocenters. The molecule has 0 bridgehead atoms. The summed E-state index contributed by atoms with van der Waals surface area (Å²) >= 11 is 7.36. The summed E-state index contributed by atoms with van der Waals surface area (Å²) in [5.74, 6) is 0.0613. The smallest absolute Gasteiger partial charge is 0.224 e. The molecule has 19 heavy (non-hydrogen) atoms. The Balaban J connectivity index is 0.00000133. The first kappa shape index (κ1) is 14.1. The fraction of sp³-hybridized carbons (Fsp3) is 0.167. The van der Waals surface area contributed by atoms with Gasteiger partial charge in [0.05, 0.1) is 0 Å². The van der Waals surface area contributed by atoms with Gasteiger partial charge < -0.3 is 11.1 Å². The van der Waals surface area contributed by atoms with Crippen molar-refractivity contribution in [1.29, 1.82) is 0 Å². The van der Waals surface area contributed by atoms with Gasteiger partial charge in [0.25, 0.3) is 0 Å². The first-order chi connectivity index (χ1) is 8.63. The molecule has 4 nitrogen and oxygen atoms in total. The van der Waals surface area contributed by atoms with Gasteiger partial charge in [-0.3, -0.25) is 4.79 Å². The van der Waals surface area contributed by atoms with E-state index in [0.29, 0.717) is 21.6 Å². The van der Waals surface area contributed by atoms with Crippen molar-refractivity contribution in [2.45, 2.75) is 12.8 Å². The number of thiazole rings is 1. The number of rotatable bonds is 1. The van der Waals surface area contributed by atoms with Crippen LogP contribution in [0.25, 0.3) is 11.3 Å². The molecule has 3 rings (SSSR count). The van der Waals surface area contributed by atoms with Crippen LogP contribution in [0.5, 0.6) is 0 Å². The van der Waals surface area contributed by atoms with E-state index in [9.17, 15) is 4.79 Å². The van der Waals surface area contributed by atoms with Crippen molar-refractivity contribution in [3.63, 3.8) is 0 Å². The average Bonchev–Trinajstić information content (AvgIpc) is 2.68. The molecular weight excluding hydrogens is 305 g/mol. The van der Waals surface area contributed by atoms with Crippen molar-refractivity contribution < 1.29 is 4.79 Å². The predicted molar refractivity (Wildman–Crippen MR) is 81.2 cm³/mol. The van der Waals surface area contributed by atoms with Gasteiger partial charge in [0, 0.05) is 17.7 Å². The van der Waals surface area contributed by atoms with Crippen LogP contribution >= 0.6 is 35.3 Å². The Morgan fingerprint density at radius 3 is 2.84 bits per heavy atom. The Hall–Kier alpha value is -1.30. The lowest BCUT2D eigenvalue weighted by Gasteiger charge is -2.17. The number of carbonyl (C=O) groups excluding carboxylic acids is 1. The van der Waals surface area contributed by atoms with E-state index in [0.717, 1.165) is 23.2 Å². The molecule has 1 aliphatic rings. The molecule has 1 aromatic carbocycles. The molecule has 100 valence electrons. The molecular formula is C12H11Cl2N3OS. The van der Waals surface area contributed by atoms with Crippen molar-refractivity contribution in [3.05, 3.63) is 28.1 Å². The number of halogens is 2. The minimum atomic E-state index is 0. The number of aromatic nitrogens is 1. The Bertz CT molecular complexity index is 642. The van der Waals surface area contributed by atoms with E-state index >= 15 is 0 Å². The first-order valence-corrected chi connectivity index (χ1v) is 6.68. The second-order valence-electron chi connectivity index (χ2n) is 4.09. The van der Waals surface area contributed by atoms with Gasteiger partial charge in [-0.15, -0.1) is 12.4 Å². The van der Waals surface area contributed by atoms with Gasteiger partial charge in [-0.25, -0.2) is 4.98 Å². The van der Waals surface area contributed by atoms with Crippen LogP contribution in [-0.4, -0.2) is 10.9 Å². The topological polar surface area (TPSA) is 68.0 Å². The number of nitrogens with zero attached hydrogens (tertiary/aromatic N) is 1. The number of nitrogen functional groups attached to an aromatic ring is 1. The minimum Gasteiger partial charge on any atom is -0.375 e. The van der Waals surface area contributed by atoms with E-state index < -0.39 is 0 Å². The zero-order valence-electron chi connectivity index (χ0n) is 9.77. The first-order valence-electron chi connectivity index (χ1n) is 5.48. The number of carbonyl (C=O) groups is 1. The maximum absolute atomic E-state index is 11.3. The predicted octanol–water partition coefficient (Wildman–Crippen LogP) is 3.35. The Labute approximate surface area is 125 Å². The van der Waals surface area contributed by atoms with E-state index in [1.807, 2.05) is 18.2 Å². The summed E-state index contributed by atoms with van der Waals surface area (Å²) in [5.41, 5.74) is 9.26. The summed E-state index contributed by atoms with van der Waals surface area (Å²) in [6, 6.07) is 5.79. The van der Waals surface area contributed by atoms with Crippen LogP contribution in [0.1, 0.15) is 12.0 Å². The molecule has 1 amide bonds. The summed E-state index contributed by atoms with van der Waals surface area (Å²) < 4.78 is 0.590. The summed E-state index contributed by atoms with van der Waals surface area (Å²) in [5, 5.41) is 3.30. The normalized spacial score (nSPS) is 13.4. The van der Waals surface area contributed by atoms with E-state index in [1.165, 1.54) is 11.3 Å². The highest BCUT2D eigenvalue weighted by atomic mass is 35.5. The lowest BCUT2D eigenvalue weighted by molar-refractivity contribution is -0.116. The summed E-state index contributed by atoms with van der Waals surface area (Å²) in [6.45, 7) is 0. The van der Waals surface area contributed by atoms with Gasteiger partial charge in [0.1, 0.15) is 10.0 Å². The van der Waals surface area contributed by atoms with Crippen molar-refractivity contribution in [1.82, 2.24) is 4.98 Å². The maximum Gasteiger partial charge on any atom is 0.224 e. The Morgan fingerprint density at radius 2 is 2.16 bits per heavy atom. The third kappa shape index (κ3) is 2.68. The summed E-state index contributed by atoms with van der Waals surface area (Å²) in [7, 11) is 0. The summed E-state index contributed by atoms with van der Waals surface area (Å²) in [4.78, 5) is 15.5. The highest BCUT2D eigenvalue weighted by Crippen LogP contribution is 2.36. The van der Waals surface area contributed by atoms with Crippen LogP contribution in [0.15, 0.2) is 18.2 Å². The van der Waals surface area contributed by atoms with Gasteiger partial charge in [-0.2, -0.15) is 0 Å². The van der Waals surface area contributed by atoms with Crippen LogP contribution < -0.4 is 11.1 Å². The maximum atomic E-state index is 11.3. The van der Waals surface area contributed by atoms with Crippen molar-refractivity contribution in [2.24, 2.45) is 0 Å². The number of hydrogen-bond acceptors (Lipinski definition) is 4. The van der Waals surface area contributed by atoms with Gasteiger partial charge in [-0.05, 0) is 24.1 Å². The molecule has 0 saturated carbocycles. The zero-order valence-corrected chi connectivity index (χ0v) is 12.2. The molecule has 1 aromatic heterocycles. The van der Waals surface area contributed by atoms with Gasteiger partial charge in [0.2, 0.25) is 5.91 Å². The Morgan fingerprint density at radius 1 is 1.37 bits per heavy atom. The zero-order chi connectivity index (χ0) is 12.7. The van der Waals surface area contributed by atoms with Crippen molar-refractivity contribution in [3.8, 4) is 11.3 Å². The number of nitrogens with one attached hydrogen (secondary N) is 1. The van der Waals surface area contributed by atoms with Crippen LogP contribution in [0.2, 0.25) is 4.34 Å². The van der Waals surface area contributed by atoms with E-state index in [1.54, 1.807) is 0 Å². The number of hydrogen-bond donors (Lipinski definition) is 2. The second kappa shape index (κ2) is 5.36. The number of amides is 1. The molecule has 0 aliphatic carbocycles. The Kier molecular flexibility index (Phi) is 3.99. The number of aryl methyl sites for hydroxylation is 1. The van der Waals surface area contributed by atoms with Crippen molar-refractivity contribution in [2.75, 3.05) is 11.1 Å². The van der Waals surface area contributed by atoms with Gasteiger partial charge in [-0.1, -0.05) is 29.0 Å². The molecule has 0 fully saturated rings. The van der Waals surface area contributed by atoms with Crippen LogP contribution in [-0.2, 0) is 11.2 Å². The number of anilines is 2.